The molecule has 0 radical (unpaired) electrons. The van der Waals surface area contributed by atoms with Crippen LogP contribution in [0, 0.1) is 5.82 Å². The van der Waals surface area contributed by atoms with Gasteiger partial charge in [0.15, 0.2) is 5.69 Å². The minimum atomic E-state index is -0.740. The lowest BCUT2D eigenvalue weighted by Crippen LogP contribution is -2.20. The van der Waals surface area contributed by atoms with Gasteiger partial charge < -0.3 is 4.52 Å². The average molecular weight is 485 g/mol. The molecule has 1 saturated heterocycles. The van der Waals surface area contributed by atoms with Crippen molar-refractivity contribution in [3.05, 3.63) is 84.4 Å². The second kappa shape index (κ2) is 9.38. The summed E-state index contributed by atoms with van der Waals surface area (Å²) >= 11 is 0. The molecule has 1 aliphatic heterocycles. The summed E-state index contributed by atoms with van der Waals surface area (Å²) in [5.74, 6) is 0.115. The molecule has 0 saturated carbocycles. The van der Waals surface area contributed by atoms with E-state index in [2.05, 4.69) is 30.3 Å². The number of benzene rings is 2. The second-order valence-corrected chi connectivity index (χ2v) is 8.63. The number of rotatable bonds is 6. The molecule has 2 aromatic carbocycles. The van der Waals surface area contributed by atoms with E-state index in [0.29, 0.717) is 36.7 Å². The SMILES string of the molecule is Fc1ccccc1-n1nnc(-c2nc(-c3ccc(CN4CC[C@@H](F)C4)cc3)no2)c1-c1ccncc1. The molecule has 1 fully saturated rings. The van der Waals surface area contributed by atoms with Crippen molar-refractivity contribution in [1.29, 1.82) is 0 Å². The van der Waals surface area contributed by atoms with E-state index in [1.54, 1.807) is 42.7 Å². The maximum absolute atomic E-state index is 14.6. The number of halogens is 2. The third-order valence-corrected chi connectivity index (χ3v) is 6.17. The smallest absolute Gasteiger partial charge is 0.281 e. The third kappa shape index (κ3) is 4.27. The van der Waals surface area contributed by atoms with Crippen LogP contribution in [-0.4, -0.2) is 54.3 Å². The van der Waals surface area contributed by atoms with E-state index in [1.165, 1.54) is 10.7 Å². The van der Waals surface area contributed by atoms with Gasteiger partial charge in [0, 0.05) is 43.2 Å². The summed E-state index contributed by atoms with van der Waals surface area (Å²) in [5.41, 5.74) is 3.65. The van der Waals surface area contributed by atoms with Crippen molar-refractivity contribution in [2.24, 2.45) is 0 Å². The first-order chi connectivity index (χ1) is 17.7. The van der Waals surface area contributed by atoms with Gasteiger partial charge in [-0.05, 0) is 36.2 Å². The number of alkyl halides is 1. The summed E-state index contributed by atoms with van der Waals surface area (Å²) in [7, 11) is 0. The van der Waals surface area contributed by atoms with Gasteiger partial charge in [-0.25, -0.2) is 13.5 Å². The molecule has 0 bridgehead atoms. The molecule has 1 atom stereocenters. The van der Waals surface area contributed by atoms with Gasteiger partial charge in [0.2, 0.25) is 5.82 Å². The molecule has 10 heteroatoms. The van der Waals surface area contributed by atoms with E-state index < -0.39 is 12.0 Å². The Morgan fingerprint density at radius 2 is 1.78 bits per heavy atom. The van der Waals surface area contributed by atoms with Gasteiger partial charge in [0.1, 0.15) is 23.4 Å². The van der Waals surface area contributed by atoms with E-state index in [9.17, 15) is 8.78 Å². The highest BCUT2D eigenvalue weighted by Crippen LogP contribution is 2.32. The van der Waals surface area contributed by atoms with E-state index >= 15 is 0 Å². The Hall–Kier alpha value is -4.31. The first-order valence-corrected chi connectivity index (χ1v) is 11.6. The molecule has 0 unspecified atom stereocenters. The summed E-state index contributed by atoms with van der Waals surface area (Å²) in [6.07, 6.45) is 3.12. The van der Waals surface area contributed by atoms with Crippen LogP contribution in [0.25, 0.3) is 39.9 Å². The molecular formula is C26H21F2N7O. The van der Waals surface area contributed by atoms with Crippen molar-refractivity contribution in [2.45, 2.75) is 19.1 Å². The van der Waals surface area contributed by atoms with Crippen LogP contribution in [0.3, 0.4) is 0 Å². The van der Waals surface area contributed by atoms with Crippen LogP contribution in [0.2, 0.25) is 0 Å². The zero-order valence-corrected chi connectivity index (χ0v) is 19.1. The quantitative estimate of drug-likeness (QED) is 0.344. The molecule has 36 heavy (non-hydrogen) atoms. The lowest BCUT2D eigenvalue weighted by molar-refractivity contribution is 0.282. The van der Waals surface area contributed by atoms with Crippen LogP contribution in [0.1, 0.15) is 12.0 Å². The van der Waals surface area contributed by atoms with Crippen LogP contribution in [0.5, 0.6) is 0 Å². The normalized spacial score (nSPS) is 16.0. The van der Waals surface area contributed by atoms with E-state index in [0.717, 1.165) is 23.2 Å². The van der Waals surface area contributed by atoms with Gasteiger partial charge in [-0.2, -0.15) is 4.98 Å². The summed E-state index contributed by atoms with van der Waals surface area (Å²) in [4.78, 5) is 10.7. The van der Waals surface area contributed by atoms with Crippen LogP contribution in [-0.2, 0) is 6.54 Å². The molecule has 0 amide bonds. The molecule has 8 nitrogen and oxygen atoms in total. The first kappa shape index (κ1) is 22.2. The third-order valence-electron chi connectivity index (χ3n) is 6.17. The summed E-state index contributed by atoms with van der Waals surface area (Å²) < 4.78 is 35.0. The number of hydrogen-bond acceptors (Lipinski definition) is 7. The summed E-state index contributed by atoms with van der Waals surface area (Å²) in [5, 5.41) is 12.6. The first-order valence-electron chi connectivity index (χ1n) is 11.6. The molecule has 6 rings (SSSR count). The lowest BCUT2D eigenvalue weighted by atomic mass is 10.1. The Balaban J connectivity index is 1.33. The second-order valence-electron chi connectivity index (χ2n) is 8.63. The highest BCUT2D eigenvalue weighted by molar-refractivity contribution is 5.76. The fourth-order valence-corrected chi connectivity index (χ4v) is 4.37. The average Bonchev–Trinajstić information content (AvgIpc) is 3.65. The molecule has 0 N–H and O–H groups in total. The van der Waals surface area contributed by atoms with Crippen molar-refractivity contribution in [3.63, 3.8) is 0 Å². The number of para-hydroxylation sites is 1. The van der Waals surface area contributed by atoms with Crippen molar-refractivity contribution < 1.29 is 13.3 Å². The van der Waals surface area contributed by atoms with Gasteiger partial charge in [-0.3, -0.25) is 9.88 Å². The van der Waals surface area contributed by atoms with Crippen LogP contribution >= 0.6 is 0 Å². The van der Waals surface area contributed by atoms with Gasteiger partial charge in [0.25, 0.3) is 5.89 Å². The maximum atomic E-state index is 14.6. The zero-order chi connectivity index (χ0) is 24.5. The number of likely N-dealkylation sites (tertiary alicyclic amines) is 1. The maximum Gasteiger partial charge on any atom is 0.281 e. The molecule has 1 aliphatic rings. The molecular weight excluding hydrogens is 464 g/mol. The molecule has 180 valence electrons. The summed E-state index contributed by atoms with van der Waals surface area (Å²) in [6.45, 7) is 1.94. The lowest BCUT2D eigenvalue weighted by Gasteiger charge is -2.14. The van der Waals surface area contributed by atoms with Crippen molar-refractivity contribution in [1.82, 2.24) is 35.0 Å². The topological polar surface area (TPSA) is 85.8 Å². The van der Waals surface area contributed by atoms with E-state index in [4.69, 9.17) is 4.52 Å². The largest absolute Gasteiger partial charge is 0.332 e. The van der Waals surface area contributed by atoms with Gasteiger partial charge in [0.05, 0.1) is 0 Å². The fourth-order valence-electron chi connectivity index (χ4n) is 4.37. The van der Waals surface area contributed by atoms with Crippen molar-refractivity contribution >= 4 is 0 Å². The van der Waals surface area contributed by atoms with Gasteiger partial charge >= 0.3 is 0 Å². The van der Waals surface area contributed by atoms with Crippen molar-refractivity contribution in [3.8, 4) is 39.9 Å². The Labute approximate surface area is 205 Å². The number of hydrogen-bond donors (Lipinski definition) is 0. The van der Waals surface area contributed by atoms with E-state index in [1.807, 2.05) is 24.3 Å². The van der Waals surface area contributed by atoms with Gasteiger partial charge in [-0.15, -0.1) is 5.10 Å². The minimum absolute atomic E-state index is 0.162. The Morgan fingerprint density at radius 1 is 0.972 bits per heavy atom. The van der Waals surface area contributed by atoms with Gasteiger partial charge in [-0.1, -0.05) is 46.8 Å². The highest BCUT2D eigenvalue weighted by Gasteiger charge is 2.25. The molecule has 4 heterocycles. The van der Waals surface area contributed by atoms with Crippen molar-refractivity contribution in [2.75, 3.05) is 13.1 Å². The minimum Gasteiger partial charge on any atom is -0.332 e. The predicted octanol–water partition coefficient (Wildman–Crippen LogP) is 4.73. The van der Waals surface area contributed by atoms with Crippen LogP contribution in [0.4, 0.5) is 8.78 Å². The van der Waals surface area contributed by atoms with E-state index in [-0.39, 0.29) is 11.6 Å². The summed E-state index contributed by atoms with van der Waals surface area (Å²) in [6, 6.07) is 17.7. The highest BCUT2D eigenvalue weighted by atomic mass is 19.1. The monoisotopic (exact) mass is 485 g/mol. The Kier molecular flexibility index (Phi) is 5.78. The Morgan fingerprint density at radius 3 is 2.53 bits per heavy atom. The standard InChI is InChI=1S/C26H21F2N7O/c27-20-11-14-34(16-20)15-17-5-7-19(8-6-17)25-30-26(36-32-25)23-24(18-9-12-29-13-10-18)35(33-31-23)22-4-2-1-3-21(22)28/h1-10,12-13,20H,11,14-16H2/t20-/m1/s1. The molecule has 5 aromatic rings. The molecule has 0 aliphatic carbocycles. The number of pyridine rings is 1. The number of aromatic nitrogens is 6. The Bertz CT molecular complexity index is 1480. The fraction of sp³-hybridized carbons (Fsp3) is 0.192. The molecule has 3 aromatic heterocycles. The van der Waals surface area contributed by atoms with Crippen LogP contribution in [0.15, 0.2) is 77.6 Å². The predicted molar refractivity (Wildman–Crippen MR) is 128 cm³/mol. The molecule has 0 spiro atoms. The number of nitrogens with zero attached hydrogens (tertiary/aromatic N) is 7. The van der Waals surface area contributed by atoms with Crippen LogP contribution < -0.4 is 0 Å². The zero-order valence-electron chi connectivity index (χ0n) is 19.1.